The predicted molar refractivity (Wildman–Crippen MR) is 81.7 cm³/mol. The maximum atomic E-state index is 11.8. The summed E-state index contributed by atoms with van der Waals surface area (Å²) < 4.78 is 5.94. The molecule has 21 heavy (non-hydrogen) atoms. The minimum Gasteiger partial charge on any atom is -0.478 e. The largest absolute Gasteiger partial charge is 0.478 e. The monoisotopic (exact) mass is 356 g/mol. The van der Waals surface area contributed by atoms with Crippen LogP contribution < -0.4 is 10.6 Å². The molecule has 1 unspecified atom stereocenters. The third kappa shape index (κ3) is 5.02. The number of carboxylic acid groups (broad SMARTS) is 1. The van der Waals surface area contributed by atoms with Crippen molar-refractivity contribution in [3.05, 3.63) is 28.2 Å². The van der Waals surface area contributed by atoms with E-state index in [0.717, 1.165) is 19.4 Å². The SMILES string of the molecule is O=C(NCC1CCCOC1)Nc1cc(Br)cc(C(=O)O)c1. The Hall–Kier alpha value is -1.60. The van der Waals surface area contributed by atoms with Crippen molar-refractivity contribution >= 4 is 33.6 Å². The van der Waals surface area contributed by atoms with Crippen molar-refractivity contribution in [2.75, 3.05) is 25.1 Å². The van der Waals surface area contributed by atoms with E-state index >= 15 is 0 Å². The van der Waals surface area contributed by atoms with E-state index < -0.39 is 5.97 Å². The molecule has 1 aromatic carbocycles. The van der Waals surface area contributed by atoms with Gasteiger partial charge in [0.15, 0.2) is 0 Å². The number of urea groups is 1. The molecule has 0 spiro atoms. The molecule has 3 N–H and O–H groups in total. The summed E-state index contributed by atoms with van der Waals surface area (Å²) in [6.07, 6.45) is 2.06. The predicted octanol–water partition coefficient (Wildman–Crippen LogP) is 2.70. The lowest BCUT2D eigenvalue weighted by molar-refractivity contribution is 0.0559. The standard InChI is InChI=1S/C14H17BrN2O4/c15-11-4-10(13(18)19)5-12(6-11)17-14(20)16-7-9-2-1-3-21-8-9/h4-6,9H,1-3,7-8H2,(H,18,19)(H2,16,17,20). The lowest BCUT2D eigenvalue weighted by atomic mass is 10.0. The Morgan fingerprint density at radius 3 is 2.86 bits per heavy atom. The molecule has 2 amide bonds. The Morgan fingerprint density at radius 1 is 1.38 bits per heavy atom. The summed E-state index contributed by atoms with van der Waals surface area (Å²) in [5.41, 5.74) is 0.541. The minimum absolute atomic E-state index is 0.111. The average molecular weight is 357 g/mol. The van der Waals surface area contributed by atoms with Crippen LogP contribution in [0.2, 0.25) is 0 Å². The highest BCUT2D eigenvalue weighted by atomic mass is 79.9. The summed E-state index contributed by atoms with van der Waals surface area (Å²) in [6, 6.07) is 4.19. The molecule has 6 nitrogen and oxygen atoms in total. The van der Waals surface area contributed by atoms with Gasteiger partial charge >= 0.3 is 12.0 Å². The van der Waals surface area contributed by atoms with Gasteiger partial charge in [-0.05, 0) is 37.0 Å². The van der Waals surface area contributed by atoms with Crippen LogP contribution in [0, 0.1) is 5.92 Å². The lowest BCUT2D eigenvalue weighted by Gasteiger charge is -2.22. The van der Waals surface area contributed by atoms with Crippen LogP contribution in [0.3, 0.4) is 0 Å². The molecule has 1 aliphatic heterocycles. The van der Waals surface area contributed by atoms with Crippen molar-refractivity contribution < 1.29 is 19.4 Å². The first-order valence-electron chi connectivity index (χ1n) is 6.71. The average Bonchev–Trinajstić information content (AvgIpc) is 2.45. The number of carbonyl (C=O) groups excluding carboxylic acids is 1. The molecule has 0 saturated carbocycles. The fourth-order valence-electron chi connectivity index (χ4n) is 2.17. The molecule has 1 atom stereocenters. The molecular formula is C14H17BrN2O4. The number of carbonyl (C=O) groups is 2. The Morgan fingerprint density at radius 2 is 2.19 bits per heavy atom. The van der Waals surface area contributed by atoms with Crippen molar-refractivity contribution in [1.82, 2.24) is 5.32 Å². The van der Waals surface area contributed by atoms with Gasteiger partial charge in [-0.3, -0.25) is 0 Å². The van der Waals surface area contributed by atoms with Gasteiger partial charge in [0.25, 0.3) is 0 Å². The fourth-order valence-corrected chi connectivity index (χ4v) is 2.66. The van der Waals surface area contributed by atoms with Gasteiger partial charge in [0.05, 0.1) is 12.2 Å². The van der Waals surface area contributed by atoms with Gasteiger partial charge in [0.2, 0.25) is 0 Å². The van der Waals surface area contributed by atoms with Crippen molar-refractivity contribution in [2.24, 2.45) is 5.92 Å². The summed E-state index contributed by atoms with van der Waals surface area (Å²) >= 11 is 3.22. The van der Waals surface area contributed by atoms with Gasteiger partial charge in [0, 0.05) is 23.3 Å². The number of anilines is 1. The number of halogens is 1. The summed E-state index contributed by atoms with van der Waals surface area (Å²) in [6.45, 7) is 2.00. The van der Waals surface area contributed by atoms with E-state index in [9.17, 15) is 9.59 Å². The molecule has 0 radical (unpaired) electrons. The molecular weight excluding hydrogens is 340 g/mol. The van der Waals surface area contributed by atoms with Gasteiger partial charge < -0.3 is 20.5 Å². The van der Waals surface area contributed by atoms with E-state index in [1.54, 1.807) is 6.07 Å². The van der Waals surface area contributed by atoms with E-state index in [1.165, 1.54) is 12.1 Å². The van der Waals surface area contributed by atoms with Crippen LogP contribution in [-0.2, 0) is 4.74 Å². The lowest BCUT2D eigenvalue weighted by Crippen LogP contribution is -2.35. The van der Waals surface area contributed by atoms with Crippen LogP contribution in [-0.4, -0.2) is 36.9 Å². The normalized spacial score (nSPS) is 18.0. The Balaban J connectivity index is 1.88. The smallest absolute Gasteiger partial charge is 0.335 e. The van der Waals surface area contributed by atoms with Crippen molar-refractivity contribution in [2.45, 2.75) is 12.8 Å². The highest BCUT2D eigenvalue weighted by Crippen LogP contribution is 2.20. The van der Waals surface area contributed by atoms with Crippen molar-refractivity contribution in [3.63, 3.8) is 0 Å². The molecule has 2 rings (SSSR count). The fraction of sp³-hybridized carbons (Fsp3) is 0.429. The Bertz CT molecular complexity index is 530. The maximum absolute atomic E-state index is 11.8. The number of amides is 2. The van der Waals surface area contributed by atoms with Crippen LogP contribution in [0.4, 0.5) is 10.5 Å². The minimum atomic E-state index is -1.04. The molecule has 1 aliphatic rings. The number of carboxylic acids is 1. The molecule has 1 fully saturated rings. The van der Waals surface area contributed by atoms with Gasteiger partial charge in [-0.1, -0.05) is 15.9 Å². The van der Waals surface area contributed by atoms with Crippen molar-refractivity contribution in [1.29, 1.82) is 0 Å². The quantitative estimate of drug-likeness (QED) is 0.773. The zero-order chi connectivity index (χ0) is 15.2. The molecule has 0 bridgehead atoms. The molecule has 0 aromatic heterocycles. The summed E-state index contributed by atoms with van der Waals surface area (Å²) in [4.78, 5) is 22.8. The van der Waals surface area contributed by atoms with E-state index in [0.29, 0.717) is 29.2 Å². The molecule has 1 aromatic rings. The van der Waals surface area contributed by atoms with Gasteiger partial charge in [-0.15, -0.1) is 0 Å². The van der Waals surface area contributed by atoms with Crippen molar-refractivity contribution in [3.8, 4) is 0 Å². The van der Waals surface area contributed by atoms with Gasteiger partial charge in [-0.25, -0.2) is 9.59 Å². The van der Waals surface area contributed by atoms with E-state index in [1.807, 2.05) is 0 Å². The second-order valence-corrected chi connectivity index (χ2v) is 5.87. The molecule has 114 valence electrons. The number of hydrogen-bond acceptors (Lipinski definition) is 3. The number of aromatic carboxylic acids is 1. The second-order valence-electron chi connectivity index (χ2n) is 4.95. The molecule has 1 heterocycles. The van der Waals surface area contributed by atoms with Crippen LogP contribution in [0.1, 0.15) is 23.2 Å². The third-order valence-electron chi connectivity index (χ3n) is 3.21. The maximum Gasteiger partial charge on any atom is 0.335 e. The highest BCUT2D eigenvalue weighted by molar-refractivity contribution is 9.10. The van der Waals surface area contributed by atoms with Gasteiger partial charge in [-0.2, -0.15) is 0 Å². The van der Waals surface area contributed by atoms with E-state index in [4.69, 9.17) is 9.84 Å². The zero-order valence-electron chi connectivity index (χ0n) is 11.4. The summed E-state index contributed by atoms with van der Waals surface area (Å²) in [5.74, 6) is -0.708. The topological polar surface area (TPSA) is 87.7 Å². The number of ether oxygens (including phenoxy) is 1. The first-order chi connectivity index (χ1) is 10.0. The van der Waals surface area contributed by atoms with E-state index in [-0.39, 0.29) is 11.6 Å². The van der Waals surface area contributed by atoms with Crippen LogP contribution in [0.5, 0.6) is 0 Å². The second kappa shape index (κ2) is 7.42. The molecule has 0 aliphatic carbocycles. The number of benzene rings is 1. The Labute approximate surface area is 131 Å². The first kappa shape index (κ1) is 15.8. The number of rotatable bonds is 4. The Kier molecular flexibility index (Phi) is 5.58. The van der Waals surface area contributed by atoms with E-state index in [2.05, 4.69) is 26.6 Å². The third-order valence-corrected chi connectivity index (χ3v) is 3.67. The highest BCUT2D eigenvalue weighted by Gasteiger charge is 2.15. The first-order valence-corrected chi connectivity index (χ1v) is 7.50. The van der Waals surface area contributed by atoms with Gasteiger partial charge in [0.1, 0.15) is 0 Å². The van der Waals surface area contributed by atoms with Crippen LogP contribution in [0.25, 0.3) is 0 Å². The van der Waals surface area contributed by atoms with Crippen LogP contribution in [0.15, 0.2) is 22.7 Å². The zero-order valence-corrected chi connectivity index (χ0v) is 13.0. The number of nitrogens with one attached hydrogen (secondary N) is 2. The summed E-state index contributed by atoms with van der Waals surface area (Å²) in [5, 5.41) is 14.4. The molecule has 7 heteroatoms. The van der Waals surface area contributed by atoms with Crippen LogP contribution >= 0.6 is 15.9 Å². The molecule has 1 saturated heterocycles. The number of hydrogen-bond donors (Lipinski definition) is 3. The summed E-state index contributed by atoms with van der Waals surface area (Å²) in [7, 11) is 0.